The molecule has 3 rings (SSSR count). The van der Waals surface area contributed by atoms with E-state index in [1.165, 1.54) is 12.5 Å². The molecule has 2 N–H and O–H groups in total. The highest BCUT2D eigenvalue weighted by Crippen LogP contribution is 2.39. The molecule has 174 valence electrons. The molecule has 2 aromatic rings. The number of carbonyl (C=O) groups is 2. The lowest BCUT2D eigenvalue weighted by Crippen LogP contribution is -2.38. The summed E-state index contributed by atoms with van der Waals surface area (Å²) in [7, 11) is -2.14. The van der Waals surface area contributed by atoms with Crippen molar-refractivity contribution < 1.29 is 36.2 Å². The van der Waals surface area contributed by atoms with Crippen LogP contribution in [0.2, 0.25) is 0 Å². The summed E-state index contributed by atoms with van der Waals surface area (Å²) in [5.41, 5.74) is 0.638. The van der Waals surface area contributed by atoms with Crippen LogP contribution in [0.5, 0.6) is 11.5 Å². The normalized spacial score (nSPS) is 15.6. The number of thiophene rings is 1. The average Bonchev–Trinajstić information content (AvgIpc) is 3.24. The second kappa shape index (κ2) is 9.67. The molecule has 0 bridgehead atoms. The van der Waals surface area contributed by atoms with Gasteiger partial charge in [-0.2, -0.15) is 0 Å². The number of fused-ring (bicyclic) bond motifs is 1. The highest BCUT2D eigenvalue weighted by Gasteiger charge is 2.44. The van der Waals surface area contributed by atoms with Gasteiger partial charge in [0.15, 0.2) is 11.5 Å². The number of sulfone groups is 1. The molecule has 0 fully saturated rings. The van der Waals surface area contributed by atoms with Crippen molar-refractivity contribution >= 4 is 44.3 Å². The van der Waals surface area contributed by atoms with Crippen molar-refractivity contribution in [3.8, 4) is 11.5 Å². The number of rotatable bonds is 10. The summed E-state index contributed by atoms with van der Waals surface area (Å²) in [6.45, 7) is 2.02. The number of hydrogen-bond donors (Lipinski definition) is 2. The van der Waals surface area contributed by atoms with E-state index in [2.05, 4.69) is 4.72 Å². The van der Waals surface area contributed by atoms with Crippen LogP contribution >= 0.6 is 11.3 Å². The molecule has 1 aromatic heterocycles. The molecule has 0 spiro atoms. The van der Waals surface area contributed by atoms with Gasteiger partial charge in [0.05, 0.1) is 36.6 Å². The van der Waals surface area contributed by atoms with Crippen LogP contribution in [0, 0.1) is 0 Å². The Hall–Kier alpha value is -2.32. The lowest BCUT2D eigenvalue weighted by molar-refractivity contribution is 0.0597. The Morgan fingerprint density at radius 2 is 1.97 bits per heavy atom. The van der Waals surface area contributed by atoms with Gasteiger partial charge in [0.25, 0.3) is 11.8 Å². The zero-order chi connectivity index (χ0) is 23.6. The molecule has 13 heteroatoms. The Morgan fingerprint density at radius 3 is 2.56 bits per heavy atom. The number of ether oxygens (including phenoxy) is 2. The van der Waals surface area contributed by atoms with Crippen LogP contribution < -0.4 is 14.2 Å². The monoisotopic (exact) mass is 502 g/mol. The van der Waals surface area contributed by atoms with Gasteiger partial charge in [0, 0.05) is 23.1 Å². The molecule has 2 amide bonds. The molecular weight excluding hydrogens is 480 g/mol. The van der Waals surface area contributed by atoms with Crippen LogP contribution in [0.15, 0.2) is 23.6 Å². The van der Waals surface area contributed by atoms with Gasteiger partial charge in [-0.05, 0) is 24.6 Å². The van der Waals surface area contributed by atoms with E-state index in [0.717, 1.165) is 22.5 Å². The van der Waals surface area contributed by atoms with Crippen LogP contribution in [0.1, 0.15) is 44.1 Å². The topological polar surface area (TPSA) is 139 Å². The SMILES string of the molecule is CCOc1cc(C(CS(C)(=O)=O)N2C(=O)c3csc(CNS(=O)O)c3C2=O)ccc1OC. The maximum absolute atomic E-state index is 13.3. The first kappa shape index (κ1) is 24.3. The van der Waals surface area contributed by atoms with Crippen molar-refractivity contribution in [1.29, 1.82) is 0 Å². The molecular formula is C19H22N2O8S3. The number of benzene rings is 1. The lowest BCUT2D eigenvalue weighted by Gasteiger charge is -2.27. The first-order valence-corrected chi connectivity index (χ1v) is 13.4. The molecule has 32 heavy (non-hydrogen) atoms. The quantitative estimate of drug-likeness (QED) is 0.370. The number of nitrogens with zero attached hydrogens (tertiary/aromatic N) is 1. The number of imide groups is 1. The highest BCUT2D eigenvalue weighted by molar-refractivity contribution is 7.90. The van der Waals surface area contributed by atoms with Crippen molar-refractivity contribution in [2.75, 3.05) is 25.7 Å². The fourth-order valence-electron chi connectivity index (χ4n) is 3.45. The van der Waals surface area contributed by atoms with Crippen LogP contribution in [-0.2, 0) is 27.6 Å². The van der Waals surface area contributed by atoms with E-state index >= 15 is 0 Å². The number of hydrogen-bond acceptors (Lipinski definition) is 8. The molecule has 10 nitrogen and oxygen atoms in total. The molecule has 1 aliphatic rings. The van der Waals surface area contributed by atoms with Crippen molar-refractivity contribution in [3.63, 3.8) is 0 Å². The number of nitrogens with one attached hydrogen (secondary N) is 1. The fraction of sp³-hybridized carbons (Fsp3) is 0.368. The highest BCUT2D eigenvalue weighted by atomic mass is 32.2. The van der Waals surface area contributed by atoms with Crippen LogP contribution in [-0.4, -0.2) is 59.6 Å². The van der Waals surface area contributed by atoms with E-state index < -0.39 is 44.7 Å². The first-order chi connectivity index (χ1) is 15.1. The maximum atomic E-state index is 13.3. The third kappa shape index (κ3) is 5.02. The molecule has 1 aliphatic heterocycles. The van der Waals surface area contributed by atoms with Gasteiger partial charge in [-0.3, -0.25) is 19.0 Å². The summed E-state index contributed by atoms with van der Waals surface area (Å²) in [6, 6.07) is 3.63. The fourth-order valence-corrected chi connectivity index (χ4v) is 5.67. The Labute approximate surface area is 191 Å². The summed E-state index contributed by atoms with van der Waals surface area (Å²) < 4.78 is 57.4. The predicted molar refractivity (Wildman–Crippen MR) is 119 cm³/mol. The first-order valence-electron chi connectivity index (χ1n) is 9.38. The maximum Gasteiger partial charge on any atom is 0.263 e. The molecule has 0 aliphatic carbocycles. The number of methoxy groups -OCH3 is 1. The van der Waals surface area contributed by atoms with E-state index in [1.54, 1.807) is 25.1 Å². The zero-order valence-corrected chi connectivity index (χ0v) is 19.9. The second-order valence-electron chi connectivity index (χ2n) is 6.95. The van der Waals surface area contributed by atoms with Gasteiger partial charge >= 0.3 is 0 Å². The van der Waals surface area contributed by atoms with E-state index in [9.17, 15) is 22.2 Å². The van der Waals surface area contributed by atoms with Gasteiger partial charge in [-0.25, -0.2) is 17.3 Å². The van der Waals surface area contributed by atoms with Crippen molar-refractivity contribution in [1.82, 2.24) is 9.62 Å². The minimum atomic E-state index is -3.60. The van der Waals surface area contributed by atoms with Gasteiger partial charge in [0.1, 0.15) is 9.84 Å². The largest absolute Gasteiger partial charge is 0.493 e. The van der Waals surface area contributed by atoms with Crippen molar-refractivity contribution in [3.05, 3.63) is 45.1 Å². The lowest BCUT2D eigenvalue weighted by atomic mass is 10.1. The van der Waals surface area contributed by atoms with Crippen molar-refractivity contribution in [2.24, 2.45) is 0 Å². The molecule has 1 aromatic carbocycles. The van der Waals surface area contributed by atoms with Crippen LogP contribution in [0.3, 0.4) is 0 Å². The Morgan fingerprint density at radius 1 is 1.25 bits per heavy atom. The van der Waals surface area contributed by atoms with Gasteiger partial charge in [-0.1, -0.05) is 6.07 Å². The van der Waals surface area contributed by atoms with Crippen LogP contribution in [0.25, 0.3) is 0 Å². The van der Waals surface area contributed by atoms with Crippen LogP contribution in [0.4, 0.5) is 0 Å². The summed E-state index contributed by atoms with van der Waals surface area (Å²) in [6.07, 6.45) is 1.03. The minimum Gasteiger partial charge on any atom is -0.493 e. The van der Waals surface area contributed by atoms with Gasteiger partial charge in [-0.15, -0.1) is 11.3 Å². The summed E-state index contributed by atoms with van der Waals surface area (Å²) in [5, 5.41) is 1.49. The van der Waals surface area contributed by atoms with E-state index in [1.807, 2.05) is 0 Å². The zero-order valence-electron chi connectivity index (χ0n) is 17.5. The summed E-state index contributed by atoms with van der Waals surface area (Å²) in [4.78, 5) is 27.7. The van der Waals surface area contributed by atoms with Gasteiger partial charge < -0.3 is 9.47 Å². The van der Waals surface area contributed by atoms with E-state index in [4.69, 9.17) is 14.0 Å². The molecule has 0 radical (unpaired) electrons. The van der Waals surface area contributed by atoms with E-state index in [-0.39, 0.29) is 17.7 Å². The molecule has 2 heterocycles. The number of amides is 2. The number of carbonyl (C=O) groups excluding carboxylic acids is 2. The van der Waals surface area contributed by atoms with Gasteiger partial charge in [0.2, 0.25) is 11.3 Å². The smallest absolute Gasteiger partial charge is 0.263 e. The third-order valence-electron chi connectivity index (χ3n) is 4.75. The molecule has 0 saturated carbocycles. The van der Waals surface area contributed by atoms with Crippen molar-refractivity contribution in [2.45, 2.75) is 19.5 Å². The Balaban J connectivity index is 2.05. The summed E-state index contributed by atoms with van der Waals surface area (Å²) in [5.74, 6) is -0.981. The Bertz CT molecular complexity index is 1180. The minimum absolute atomic E-state index is 0.0935. The standard InChI is InChI=1S/C19H22N2O8S3/c1-4-29-15-7-11(5-6-14(15)28-2)13(10-32(3,26)27)21-18(22)12-9-30-16(8-20-31(24)25)17(12)19(21)23/h5-7,9,13,20H,4,8,10H2,1-3H3,(H,24,25). The predicted octanol–water partition coefficient (Wildman–Crippen LogP) is 1.76. The third-order valence-corrected chi connectivity index (χ3v) is 7.05. The van der Waals surface area contributed by atoms with E-state index in [0.29, 0.717) is 28.5 Å². The average molecular weight is 503 g/mol. The summed E-state index contributed by atoms with van der Waals surface area (Å²) >= 11 is -1.19. The Kier molecular flexibility index (Phi) is 7.35. The molecule has 0 saturated heterocycles. The second-order valence-corrected chi connectivity index (χ2v) is 10.9. The molecule has 2 atom stereocenters. The molecule has 2 unspecified atom stereocenters.